The first-order chi connectivity index (χ1) is 21.4. The van der Waals surface area contributed by atoms with Gasteiger partial charge in [-0.3, -0.25) is 9.11 Å². The van der Waals surface area contributed by atoms with Gasteiger partial charge in [-0.15, -0.1) is 0 Å². The van der Waals surface area contributed by atoms with E-state index in [1.165, 1.54) is 12.0 Å². The molecule has 6 rings (SSSR count). The van der Waals surface area contributed by atoms with Gasteiger partial charge >= 0.3 is 0 Å². The minimum Gasteiger partial charge on any atom is -0.492 e. The number of anilines is 1. The molecule has 4 atom stereocenters. The Labute approximate surface area is 261 Å². The number of dihydropyridines is 1. The summed E-state index contributed by atoms with van der Waals surface area (Å²) in [6.07, 6.45) is 14.2. The predicted octanol–water partition coefficient (Wildman–Crippen LogP) is 3.47. The summed E-state index contributed by atoms with van der Waals surface area (Å²) in [5.41, 5.74) is 9.36. The van der Waals surface area contributed by atoms with Gasteiger partial charge in [0, 0.05) is 84.4 Å². The summed E-state index contributed by atoms with van der Waals surface area (Å²) in [6, 6.07) is 7.13. The average molecular weight is 619 g/mol. The number of rotatable bonds is 11. The van der Waals surface area contributed by atoms with Gasteiger partial charge in [-0.2, -0.15) is 5.26 Å². The van der Waals surface area contributed by atoms with Crippen molar-refractivity contribution in [2.24, 2.45) is 16.0 Å². The highest BCUT2D eigenvalue weighted by molar-refractivity contribution is 7.74. The number of nitriles is 1. The van der Waals surface area contributed by atoms with Crippen LogP contribution >= 0.6 is 0 Å². The molecule has 44 heavy (non-hydrogen) atoms. The Kier molecular flexibility index (Phi) is 10.4. The van der Waals surface area contributed by atoms with E-state index in [-0.39, 0.29) is 5.57 Å². The maximum absolute atomic E-state index is 11.7. The van der Waals surface area contributed by atoms with Crippen LogP contribution in [0.1, 0.15) is 38.2 Å². The molecule has 12 heteroatoms. The van der Waals surface area contributed by atoms with Crippen LogP contribution in [-0.2, 0) is 20.1 Å². The van der Waals surface area contributed by atoms with Crippen molar-refractivity contribution in [3.05, 3.63) is 76.8 Å². The minimum atomic E-state index is -1.40. The van der Waals surface area contributed by atoms with Crippen LogP contribution in [0.4, 0.5) is 5.82 Å². The lowest BCUT2D eigenvalue weighted by Crippen LogP contribution is -2.69. The number of allylic oxidation sites excluding steroid dienone is 5. The van der Waals surface area contributed by atoms with Crippen LogP contribution in [0.25, 0.3) is 5.57 Å². The van der Waals surface area contributed by atoms with Crippen LogP contribution < -0.4 is 16.0 Å². The van der Waals surface area contributed by atoms with Crippen molar-refractivity contribution in [1.29, 1.82) is 10.7 Å². The molecule has 6 heterocycles. The molecule has 5 aliphatic heterocycles. The summed E-state index contributed by atoms with van der Waals surface area (Å²) in [5.74, 6) is 3.09. The Morgan fingerprint density at radius 1 is 1.30 bits per heavy atom. The molecule has 0 aromatic carbocycles. The average Bonchev–Trinajstić information content (AvgIpc) is 3.27. The third-order valence-electron chi connectivity index (χ3n) is 8.69. The Hall–Kier alpha value is -4.08. The molecule has 0 amide bonds. The highest BCUT2D eigenvalue weighted by atomic mass is 32.2. The molecule has 2 bridgehead atoms. The third-order valence-corrected chi connectivity index (χ3v) is 9.85. The van der Waals surface area contributed by atoms with E-state index < -0.39 is 10.6 Å². The van der Waals surface area contributed by atoms with Crippen LogP contribution in [0.15, 0.2) is 75.6 Å². The fraction of sp³-hybridized carbons (Fsp3) is 0.469. The first-order valence-electron chi connectivity index (χ1n) is 15.1. The van der Waals surface area contributed by atoms with E-state index in [1.54, 1.807) is 19.4 Å². The third kappa shape index (κ3) is 7.52. The van der Waals surface area contributed by atoms with Crippen LogP contribution in [0.5, 0.6) is 0 Å². The molecule has 3 saturated heterocycles. The number of hydrogen-bond acceptors (Lipinski definition) is 11. The van der Waals surface area contributed by atoms with Gasteiger partial charge < -0.3 is 30.8 Å². The Morgan fingerprint density at radius 3 is 2.82 bits per heavy atom. The normalized spacial score (nSPS) is 26.9. The number of methoxy groups -OCH3 is 1. The number of nitrogens with two attached hydrogens (primary N) is 1. The Balaban J connectivity index is 1.23. The monoisotopic (exact) mass is 618 g/mol. The van der Waals surface area contributed by atoms with Crippen LogP contribution in [0.3, 0.4) is 0 Å². The zero-order valence-corrected chi connectivity index (χ0v) is 26.3. The number of ether oxygens (including phenoxy) is 2. The van der Waals surface area contributed by atoms with E-state index in [1.807, 2.05) is 30.5 Å². The van der Waals surface area contributed by atoms with Crippen LogP contribution in [0.2, 0.25) is 0 Å². The van der Waals surface area contributed by atoms with Crippen molar-refractivity contribution >= 4 is 28.2 Å². The molecule has 4 unspecified atom stereocenters. The summed E-state index contributed by atoms with van der Waals surface area (Å²) in [5, 5.41) is 20.6. The lowest BCUT2D eigenvalue weighted by Gasteiger charge is -2.56. The maximum atomic E-state index is 11.7. The summed E-state index contributed by atoms with van der Waals surface area (Å²) in [4.78, 5) is 9.71. The Bertz CT molecular complexity index is 1500. The number of piperazine rings is 1. The molecule has 0 aliphatic carbocycles. The smallest absolute Gasteiger partial charge is 0.183 e. The number of nitrogens with one attached hydrogen (secondary N) is 2. The van der Waals surface area contributed by atoms with E-state index in [0.717, 1.165) is 62.1 Å². The first kappa shape index (κ1) is 31.3. The van der Waals surface area contributed by atoms with Crippen molar-refractivity contribution in [3.8, 4) is 6.07 Å². The molecule has 4 N–H and O–H groups in total. The van der Waals surface area contributed by atoms with Crippen LogP contribution in [-0.4, -0.2) is 78.0 Å². The van der Waals surface area contributed by atoms with Gasteiger partial charge in [0.2, 0.25) is 0 Å². The van der Waals surface area contributed by atoms with E-state index >= 15 is 0 Å². The summed E-state index contributed by atoms with van der Waals surface area (Å²) < 4.78 is 27.1. The first-order valence-corrected chi connectivity index (χ1v) is 16.5. The summed E-state index contributed by atoms with van der Waals surface area (Å²) in [6.45, 7) is 6.04. The number of nitrogens with zero attached hydrogens (tertiary/aromatic N) is 5. The fourth-order valence-electron chi connectivity index (χ4n) is 6.16. The molecular formula is C32H42N8O3S. The summed E-state index contributed by atoms with van der Waals surface area (Å²) in [7, 11) is 0.162. The molecular weight excluding hydrogens is 576 g/mol. The van der Waals surface area contributed by atoms with E-state index in [0.29, 0.717) is 54.2 Å². The van der Waals surface area contributed by atoms with Gasteiger partial charge in [-0.1, -0.05) is 11.6 Å². The maximum Gasteiger partial charge on any atom is 0.183 e. The minimum absolute atomic E-state index is 0.230. The van der Waals surface area contributed by atoms with Gasteiger partial charge in [0.25, 0.3) is 0 Å². The Morgan fingerprint density at radius 2 is 2.11 bits per heavy atom. The van der Waals surface area contributed by atoms with Crippen molar-refractivity contribution in [3.63, 3.8) is 0 Å². The zero-order chi connectivity index (χ0) is 31.1. The second kappa shape index (κ2) is 14.6. The predicted molar refractivity (Wildman–Crippen MR) is 174 cm³/mol. The van der Waals surface area contributed by atoms with E-state index in [2.05, 4.69) is 32.5 Å². The molecule has 1 aromatic heterocycles. The molecule has 0 radical (unpaired) electrons. The topological polar surface area (TPSA) is 153 Å². The highest BCUT2D eigenvalue weighted by Crippen LogP contribution is 2.35. The number of fused-ring (bicyclic) bond motifs is 2. The summed E-state index contributed by atoms with van der Waals surface area (Å²) >= 11 is 0. The fourth-order valence-corrected chi connectivity index (χ4v) is 7.23. The zero-order valence-electron chi connectivity index (χ0n) is 25.4. The van der Waals surface area contributed by atoms with Gasteiger partial charge in [0.15, 0.2) is 5.88 Å². The molecule has 11 nitrogen and oxygen atoms in total. The van der Waals surface area contributed by atoms with Crippen molar-refractivity contribution in [1.82, 2.24) is 15.2 Å². The van der Waals surface area contributed by atoms with Crippen molar-refractivity contribution < 1.29 is 13.7 Å². The van der Waals surface area contributed by atoms with Gasteiger partial charge in [-0.25, -0.2) is 9.35 Å². The van der Waals surface area contributed by atoms with E-state index in [9.17, 15) is 9.47 Å². The van der Waals surface area contributed by atoms with Crippen molar-refractivity contribution in [2.45, 2.75) is 44.7 Å². The number of aromatic nitrogens is 1. The van der Waals surface area contributed by atoms with Crippen molar-refractivity contribution in [2.75, 3.05) is 50.5 Å². The molecule has 234 valence electrons. The number of hydrogen-bond donors (Lipinski definition) is 4. The second-order valence-electron chi connectivity index (χ2n) is 11.6. The number of piperidine rings is 1. The second-order valence-corrected chi connectivity index (χ2v) is 13.1. The lowest BCUT2D eigenvalue weighted by molar-refractivity contribution is 0.00814. The molecule has 5 aliphatic rings. The van der Waals surface area contributed by atoms with E-state index in [4.69, 9.17) is 25.6 Å². The molecule has 1 aromatic rings. The SMILES string of the molecule is CO/C(N)=C/C=C(\C)CN1C2CC1CN(c1ccc(C3=CC(OCCC4CCN=[SH](=O)CC4)=CN/C3=C(/C#N)C=N)cn1)C2. The lowest BCUT2D eigenvalue weighted by atomic mass is 9.86. The standard InChI is InChI=1S/C32H42N8O3S/c1-22(3-5-30(35)42-2)19-40-26-13-27(40)21-39(20-26)31-6-4-24(17-36-31)29-14-28(18-37-32(29)25(15-33)16-34)43-11-8-23-7-10-38-44(41)12-9-23/h3-6,14-15,17-18,23,26-27,33,37,44H,7-13,19-21,35H2,1-2H3/b22-3+,30-5+,32-25+,33-15?. The molecule has 3 fully saturated rings. The van der Waals surface area contributed by atoms with Gasteiger partial charge in [0.05, 0.1) is 25.0 Å². The largest absolute Gasteiger partial charge is 0.492 e. The van der Waals surface area contributed by atoms with Gasteiger partial charge in [-0.05, 0) is 62.8 Å². The van der Waals surface area contributed by atoms with Crippen LogP contribution in [0, 0.1) is 22.7 Å². The quantitative estimate of drug-likeness (QED) is 0.0960. The van der Waals surface area contributed by atoms with Gasteiger partial charge in [0.1, 0.15) is 17.6 Å². The number of thiol groups is 1. The number of pyridine rings is 1. The molecule has 0 saturated carbocycles. The highest BCUT2D eigenvalue weighted by Gasteiger charge is 2.44. The molecule has 0 spiro atoms.